The zero-order chi connectivity index (χ0) is 19.3. The van der Waals surface area contributed by atoms with Crippen molar-refractivity contribution >= 4 is 18.9 Å². The first-order valence-corrected chi connectivity index (χ1v) is 12.5. The van der Waals surface area contributed by atoms with Gasteiger partial charge in [-0.3, -0.25) is 0 Å². The highest BCUT2D eigenvalue weighted by molar-refractivity contribution is 8.27. The summed E-state index contributed by atoms with van der Waals surface area (Å²) in [6, 6.07) is 1.09. The molecule has 164 valence electrons. The summed E-state index contributed by atoms with van der Waals surface area (Å²) in [6.45, 7) is 8.85. The van der Waals surface area contributed by atoms with Gasteiger partial charge < -0.3 is 28.1 Å². The molecule has 0 saturated carbocycles. The highest BCUT2D eigenvalue weighted by Gasteiger charge is 2.44. The van der Waals surface area contributed by atoms with Crippen LogP contribution in [0.25, 0.3) is 0 Å². The monoisotopic (exact) mass is 430 g/mol. The molecule has 0 bridgehead atoms. The summed E-state index contributed by atoms with van der Waals surface area (Å²) < 4.78 is 36.1. The summed E-state index contributed by atoms with van der Waals surface area (Å²) in [5, 5.41) is 0. The molecule has 0 aromatic carbocycles. The van der Waals surface area contributed by atoms with Gasteiger partial charge >= 0.3 is 7.71 Å². The summed E-state index contributed by atoms with van der Waals surface area (Å²) in [7, 11) is 5.02. The van der Waals surface area contributed by atoms with Crippen molar-refractivity contribution in [2.45, 2.75) is 19.9 Å². The molecule has 0 radical (unpaired) electrons. The van der Waals surface area contributed by atoms with Gasteiger partial charge in [-0.25, -0.2) is 4.43 Å². The van der Waals surface area contributed by atoms with E-state index in [0.717, 1.165) is 6.04 Å². The van der Waals surface area contributed by atoms with E-state index in [0.29, 0.717) is 59.5 Å². The number of rotatable bonds is 16. The second-order valence-electron chi connectivity index (χ2n) is 5.18. The average molecular weight is 431 g/mol. The van der Waals surface area contributed by atoms with Crippen molar-refractivity contribution < 1.29 is 34.0 Å². The van der Waals surface area contributed by atoms with Crippen LogP contribution in [0.3, 0.4) is 0 Å². The molecule has 1 atom stereocenters. The molecule has 1 aliphatic rings. The lowest BCUT2D eigenvalue weighted by Gasteiger charge is -2.13. The lowest BCUT2D eigenvalue weighted by Crippen LogP contribution is -2.31. The Balaban J connectivity index is -0.000000482. The van der Waals surface area contributed by atoms with E-state index >= 15 is 0 Å². The Morgan fingerprint density at radius 2 is 1.48 bits per heavy atom. The maximum absolute atomic E-state index is 5.29. The van der Waals surface area contributed by atoms with Gasteiger partial charge in [0.1, 0.15) is 0 Å². The molecule has 0 aromatic heterocycles. The fourth-order valence-electron chi connectivity index (χ4n) is 1.89. The fraction of sp³-hybridized carbons (Fsp3) is 0.833. The molecule has 1 rings (SSSR count). The van der Waals surface area contributed by atoms with E-state index in [9.17, 15) is 0 Å². The Kier molecular flexibility index (Phi) is 23.9. The standard InChI is InChI=1S/C12H24O5.C5H11O2SSi.CH4.H2/c1-3-4-14-7-8-16-11-12-17-10-9-15-6-5-13-2;1-6-9(7-2)5-3-4-8-9;;/h3H,1,4-12H2,2H3;1,3-5H2,2H3;1H4;1H/q;+1;;/i;;;1+1. The van der Waals surface area contributed by atoms with E-state index in [1.807, 2.05) is 11.2 Å². The summed E-state index contributed by atoms with van der Waals surface area (Å²) >= 11 is 1.82. The lowest BCUT2D eigenvalue weighted by atomic mass is 10.6. The van der Waals surface area contributed by atoms with Crippen LogP contribution in [0.4, 0.5) is 0 Å². The van der Waals surface area contributed by atoms with Gasteiger partial charge in [0.25, 0.3) is 0 Å². The fourth-order valence-corrected chi connectivity index (χ4v) is 7.00. The predicted octanol–water partition coefficient (Wildman–Crippen LogP) is 3.28. The number of hydrogen-bond acceptors (Lipinski definition) is 8. The third kappa shape index (κ3) is 17.7. The van der Waals surface area contributed by atoms with Crippen LogP contribution in [-0.2, 0) is 32.5 Å². The van der Waals surface area contributed by atoms with Gasteiger partial charge in [0.2, 0.25) is 7.11 Å². The summed E-state index contributed by atoms with van der Waals surface area (Å²) in [4.78, 5) is 0. The van der Waals surface area contributed by atoms with Crippen molar-refractivity contribution in [3.8, 4) is 0 Å². The minimum Gasteiger partial charge on any atom is -0.387 e. The molecule has 9 heteroatoms. The van der Waals surface area contributed by atoms with E-state index in [-0.39, 0.29) is 8.85 Å². The van der Waals surface area contributed by atoms with Gasteiger partial charge in [0.15, 0.2) is 0 Å². The van der Waals surface area contributed by atoms with E-state index in [2.05, 4.69) is 13.7 Å². The molecular formula is C18H41O7SSi+. The van der Waals surface area contributed by atoms with Crippen molar-refractivity contribution in [1.29, 1.82) is 0 Å². The van der Waals surface area contributed by atoms with E-state index in [4.69, 9.17) is 32.5 Å². The normalized spacial score (nSPS) is 18.4. The maximum Gasteiger partial charge on any atom is 0.460 e. The van der Waals surface area contributed by atoms with Gasteiger partial charge in [0.05, 0.1) is 59.5 Å². The van der Waals surface area contributed by atoms with E-state index < -0.39 is 7.71 Å². The molecule has 0 amide bonds. The first-order valence-electron chi connectivity index (χ1n) is 8.77. The molecule has 0 aliphatic carbocycles. The molecule has 1 aliphatic heterocycles. The Labute approximate surface area is 172 Å². The third-order valence-corrected chi connectivity index (χ3v) is 9.62. The minimum atomic E-state index is -1.77. The van der Waals surface area contributed by atoms with Gasteiger partial charge in [-0.1, -0.05) is 13.5 Å². The molecular weight excluding hydrogens is 388 g/mol. The third-order valence-electron chi connectivity index (χ3n) is 3.26. The Morgan fingerprint density at radius 1 is 0.963 bits per heavy atom. The van der Waals surface area contributed by atoms with Crippen molar-refractivity contribution in [3.05, 3.63) is 19.8 Å². The highest BCUT2D eigenvalue weighted by atomic mass is 32.4. The van der Waals surface area contributed by atoms with Crippen LogP contribution in [0.1, 0.15) is 15.3 Å². The van der Waals surface area contributed by atoms with Gasteiger partial charge in [-0.05, 0) is 12.2 Å². The molecule has 1 saturated heterocycles. The molecule has 27 heavy (non-hydrogen) atoms. The minimum absolute atomic E-state index is 0. The summed E-state index contributed by atoms with van der Waals surface area (Å²) in [6.07, 6.45) is 2.94. The molecule has 1 heterocycles. The SMILES string of the molecule is C.C=CCOCCOCCOCCOCCOC.[2HH].[CH2+]O[Si]1(OC)CCCS1. The number of ether oxygens (including phenoxy) is 5. The largest absolute Gasteiger partial charge is 0.460 e. The van der Waals surface area contributed by atoms with Crippen molar-refractivity contribution in [2.75, 3.05) is 79.4 Å². The molecule has 0 spiro atoms. The quantitative estimate of drug-likeness (QED) is 0.160. The first-order chi connectivity index (χ1) is 12.7. The smallest absolute Gasteiger partial charge is 0.387 e. The van der Waals surface area contributed by atoms with Crippen LogP contribution in [0.15, 0.2) is 12.7 Å². The molecule has 1 fully saturated rings. The van der Waals surface area contributed by atoms with Crippen LogP contribution in [0.5, 0.6) is 0 Å². The molecule has 0 aromatic rings. The molecule has 0 N–H and O–H groups in total. The van der Waals surface area contributed by atoms with Gasteiger partial charge in [-0.2, -0.15) is 0 Å². The van der Waals surface area contributed by atoms with Crippen LogP contribution < -0.4 is 0 Å². The first kappa shape index (κ1) is 29.1. The zero-order valence-corrected chi connectivity index (χ0v) is 18.1. The lowest BCUT2D eigenvalue weighted by molar-refractivity contribution is -0.00577. The average Bonchev–Trinajstić information content (AvgIpc) is 3.16. The second kappa shape index (κ2) is 22.2. The van der Waals surface area contributed by atoms with Crippen molar-refractivity contribution in [1.82, 2.24) is 0 Å². The predicted molar refractivity (Wildman–Crippen MR) is 115 cm³/mol. The van der Waals surface area contributed by atoms with Crippen molar-refractivity contribution in [2.24, 2.45) is 0 Å². The van der Waals surface area contributed by atoms with Crippen LogP contribution in [0.2, 0.25) is 6.04 Å². The van der Waals surface area contributed by atoms with Crippen LogP contribution in [0, 0.1) is 7.11 Å². The van der Waals surface area contributed by atoms with Gasteiger partial charge in [0, 0.05) is 21.7 Å². The number of hydrogen-bond donors (Lipinski definition) is 0. The molecule has 1 unspecified atom stereocenters. The van der Waals surface area contributed by atoms with E-state index in [1.54, 1.807) is 20.3 Å². The van der Waals surface area contributed by atoms with E-state index in [1.165, 1.54) is 12.2 Å². The Bertz CT molecular complexity index is 306. The Hall–Kier alpha value is -0.103. The zero-order valence-electron chi connectivity index (χ0n) is 16.2. The van der Waals surface area contributed by atoms with Crippen LogP contribution in [-0.4, -0.2) is 87.1 Å². The summed E-state index contributed by atoms with van der Waals surface area (Å²) in [5.74, 6) is 1.18. The number of methoxy groups -OCH3 is 1. The Morgan fingerprint density at radius 3 is 1.81 bits per heavy atom. The topological polar surface area (TPSA) is 64.6 Å². The second-order valence-corrected chi connectivity index (χ2v) is 11.2. The van der Waals surface area contributed by atoms with Crippen LogP contribution >= 0.6 is 11.2 Å². The highest BCUT2D eigenvalue weighted by Crippen LogP contribution is 2.35. The summed E-state index contributed by atoms with van der Waals surface area (Å²) in [5.41, 5.74) is 0. The van der Waals surface area contributed by atoms with Gasteiger partial charge in [-0.15, -0.1) is 17.8 Å². The van der Waals surface area contributed by atoms with Crippen molar-refractivity contribution in [3.63, 3.8) is 0 Å². The molecule has 7 nitrogen and oxygen atoms in total. The maximum atomic E-state index is 5.29.